The molecule has 1 fully saturated rings. The summed E-state index contributed by atoms with van der Waals surface area (Å²) in [5.74, 6) is -0.395. The second-order valence-corrected chi connectivity index (χ2v) is 12.5. The molecule has 0 saturated heterocycles. The minimum Gasteiger partial charge on any atom is -0.337 e. The molecule has 3 aromatic carbocycles. The number of nitrogens with one attached hydrogen (secondary N) is 1. The predicted molar refractivity (Wildman–Crippen MR) is 150 cm³/mol. The van der Waals surface area contributed by atoms with Crippen LogP contribution in [0.15, 0.2) is 84.0 Å². The fourth-order valence-corrected chi connectivity index (χ4v) is 6.93. The number of nitrogens with zero attached hydrogens (tertiary/aromatic N) is 3. The van der Waals surface area contributed by atoms with Crippen LogP contribution in [-0.4, -0.2) is 23.9 Å². The van der Waals surface area contributed by atoms with E-state index in [2.05, 4.69) is 9.71 Å². The van der Waals surface area contributed by atoms with Gasteiger partial charge in [-0.1, -0.05) is 18.2 Å². The highest BCUT2D eigenvalue weighted by molar-refractivity contribution is 7.89. The van der Waals surface area contributed by atoms with E-state index in [0.717, 1.165) is 41.7 Å². The van der Waals surface area contributed by atoms with E-state index in [0.29, 0.717) is 24.4 Å². The number of rotatable bonds is 8. The van der Waals surface area contributed by atoms with Gasteiger partial charge in [-0.3, -0.25) is 4.79 Å². The Morgan fingerprint density at radius 3 is 2.44 bits per heavy atom. The summed E-state index contributed by atoms with van der Waals surface area (Å²) in [5.41, 5.74) is 3.44. The summed E-state index contributed by atoms with van der Waals surface area (Å²) in [6, 6.07) is 16.3. The van der Waals surface area contributed by atoms with Crippen molar-refractivity contribution in [1.29, 1.82) is 0 Å². The van der Waals surface area contributed by atoms with E-state index in [-0.39, 0.29) is 35.0 Å². The molecule has 2 aliphatic rings. The minimum absolute atomic E-state index is 0.00525. The summed E-state index contributed by atoms with van der Waals surface area (Å²) in [4.78, 5) is 20.1. The molecule has 10 heteroatoms. The van der Waals surface area contributed by atoms with Crippen LogP contribution >= 0.6 is 0 Å². The van der Waals surface area contributed by atoms with E-state index in [1.54, 1.807) is 23.2 Å². The molecule has 4 aromatic rings. The van der Waals surface area contributed by atoms with Crippen molar-refractivity contribution in [2.24, 2.45) is 13.0 Å². The first-order chi connectivity index (χ1) is 19.7. The second kappa shape index (κ2) is 10.8. The van der Waals surface area contributed by atoms with Gasteiger partial charge in [0.25, 0.3) is 0 Å². The molecule has 0 bridgehead atoms. The average Bonchev–Trinajstić information content (AvgIpc) is 3.66. The Bertz CT molecular complexity index is 1690. The van der Waals surface area contributed by atoms with E-state index in [4.69, 9.17) is 0 Å². The fraction of sp³-hybridized carbons (Fsp3) is 0.290. The number of carbonyl (C=O) groups is 1. The topological polar surface area (TPSA) is 84.3 Å². The third-order valence-electron chi connectivity index (χ3n) is 8.07. The molecule has 3 atom stereocenters. The van der Waals surface area contributed by atoms with Gasteiger partial charge < -0.3 is 9.47 Å². The standard InChI is InChI=1S/C31H30F2N4O3S/c1-36-16-15-34-30(36)19-37(31(38)28-18-26(28)21-5-8-22(32)9-6-21)24-12-7-20-3-2-4-29(27(20)17-24)35-41(39,40)25-13-10-23(33)11-14-25/h5-17,26,28-29,35H,2-4,18-19H2,1H3/t26-,28-,29+/m1/s1. The third kappa shape index (κ3) is 5.67. The summed E-state index contributed by atoms with van der Waals surface area (Å²) in [7, 11) is -2.03. The number of carbonyl (C=O) groups excluding carboxylic acids is 1. The van der Waals surface area contributed by atoms with Gasteiger partial charge in [0.05, 0.1) is 11.4 Å². The molecule has 0 spiro atoms. The monoisotopic (exact) mass is 576 g/mol. The number of sulfonamides is 1. The number of anilines is 1. The van der Waals surface area contributed by atoms with E-state index in [1.807, 2.05) is 36.0 Å². The van der Waals surface area contributed by atoms with Crippen molar-refractivity contribution < 1.29 is 22.0 Å². The summed E-state index contributed by atoms with van der Waals surface area (Å²) in [6.45, 7) is 0.250. The van der Waals surface area contributed by atoms with Gasteiger partial charge in [0.1, 0.15) is 17.5 Å². The van der Waals surface area contributed by atoms with Crippen molar-refractivity contribution in [3.05, 3.63) is 113 Å². The number of halogens is 2. The first kappa shape index (κ1) is 27.3. The van der Waals surface area contributed by atoms with Crippen molar-refractivity contribution in [2.45, 2.75) is 49.1 Å². The molecule has 1 N–H and O–H groups in total. The number of benzene rings is 3. The molecular formula is C31H30F2N4O3S. The number of amides is 1. The summed E-state index contributed by atoms with van der Waals surface area (Å²) >= 11 is 0. The van der Waals surface area contributed by atoms with Crippen LogP contribution < -0.4 is 9.62 Å². The van der Waals surface area contributed by atoms with Crippen molar-refractivity contribution >= 4 is 21.6 Å². The zero-order valence-electron chi connectivity index (χ0n) is 22.5. The Labute approximate surface area is 237 Å². The van der Waals surface area contributed by atoms with Crippen LogP contribution in [0.25, 0.3) is 0 Å². The lowest BCUT2D eigenvalue weighted by Gasteiger charge is -2.29. The van der Waals surface area contributed by atoms with Crippen molar-refractivity contribution in [3.63, 3.8) is 0 Å². The lowest BCUT2D eigenvalue weighted by molar-refractivity contribution is -0.120. The molecule has 7 nitrogen and oxygen atoms in total. The first-order valence-corrected chi connectivity index (χ1v) is 15.1. The van der Waals surface area contributed by atoms with Crippen molar-refractivity contribution in [2.75, 3.05) is 4.90 Å². The SMILES string of the molecule is Cn1ccnc1CN(C(=O)[C@@H]1C[C@@H]1c1ccc(F)cc1)c1ccc2c(c1)[C@@H](NS(=O)(=O)c1ccc(F)cc1)CCC2. The fourth-order valence-electron chi connectivity index (χ4n) is 5.68. The third-order valence-corrected chi connectivity index (χ3v) is 9.56. The Hall–Kier alpha value is -3.89. The summed E-state index contributed by atoms with van der Waals surface area (Å²) in [5, 5.41) is 0. The van der Waals surface area contributed by atoms with Gasteiger partial charge in [-0.05, 0) is 96.8 Å². The van der Waals surface area contributed by atoms with Gasteiger partial charge in [0, 0.05) is 37.1 Å². The molecule has 2 aliphatic carbocycles. The number of aromatic nitrogens is 2. The Morgan fingerprint density at radius 2 is 1.76 bits per heavy atom. The highest BCUT2D eigenvalue weighted by atomic mass is 32.2. The molecular weight excluding hydrogens is 546 g/mol. The molecule has 0 radical (unpaired) electrons. The van der Waals surface area contributed by atoms with E-state index in [1.165, 1.54) is 24.3 Å². The number of hydrogen-bond donors (Lipinski definition) is 1. The molecule has 1 saturated carbocycles. The molecule has 1 heterocycles. The zero-order valence-corrected chi connectivity index (χ0v) is 23.3. The lowest BCUT2D eigenvalue weighted by atomic mass is 9.87. The molecule has 41 heavy (non-hydrogen) atoms. The van der Waals surface area contributed by atoms with Crippen molar-refractivity contribution in [1.82, 2.24) is 14.3 Å². The number of imidazole rings is 1. The molecule has 0 unspecified atom stereocenters. The number of fused-ring (bicyclic) bond motifs is 1. The van der Waals surface area contributed by atoms with Crippen molar-refractivity contribution in [3.8, 4) is 0 Å². The van der Waals surface area contributed by atoms with Crippen LogP contribution in [0.2, 0.25) is 0 Å². The van der Waals surface area contributed by atoms with Crippen LogP contribution in [0.5, 0.6) is 0 Å². The molecule has 1 amide bonds. The Morgan fingerprint density at radius 1 is 1.05 bits per heavy atom. The maximum Gasteiger partial charge on any atom is 0.241 e. The smallest absolute Gasteiger partial charge is 0.241 e. The summed E-state index contributed by atoms with van der Waals surface area (Å²) in [6.07, 6.45) is 6.38. The first-order valence-electron chi connectivity index (χ1n) is 13.6. The molecule has 0 aliphatic heterocycles. The number of hydrogen-bond acceptors (Lipinski definition) is 4. The lowest BCUT2D eigenvalue weighted by Crippen LogP contribution is -2.34. The van der Waals surface area contributed by atoms with E-state index < -0.39 is 21.9 Å². The zero-order chi connectivity index (χ0) is 28.7. The van der Waals surface area contributed by atoms with Gasteiger partial charge >= 0.3 is 0 Å². The highest BCUT2D eigenvalue weighted by Gasteiger charge is 2.46. The maximum absolute atomic E-state index is 14.0. The normalized spacial score (nSPS) is 19.9. The van der Waals surface area contributed by atoms with Gasteiger partial charge in [-0.2, -0.15) is 0 Å². The van der Waals surface area contributed by atoms with E-state index in [9.17, 15) is 22.0 Å². The second-order valence-electron chi connectivity index (χ2n) is 10.8. The number of aryl methyl sites for hydroxylation is 2. The maximum atomic E-state index is 14.0. The molecule has 6 rings (SSSR count). The largest absolute Gasteiger partial charge is 0.337 e. The van der Waals surface area contributed by atoms with Gasteiger partial charge in [0.15, 0.2) is 0 Å². The predicted octanol–water partition coefficient (Wildman–Crippen LogP) is 5.39. The highest BCUT2D eigenvalue weighted by Crippen LogP contribution is 2.49. The quantitative estimate of drug-likeness (QED) is 0.305. The van der Waals surface area contributed by atoms with Gasteiger partial charge in [-0.15, -0.1) is 0 Å². The van der Waals surface area contributed by atoms with Crippen LogP contribution in [0.3, 0.4) is 0 Å². The Kier molecular flexibility index (Phi) is 7.21. The minimum atomic E-state index is -3.90. The van der Waals surface area contributed by atoms with Gasteiger partial charge in [-0.25, -0.2) is 26.9 Å². The summed E-state index contributed by atoms with van der Waals surface area (Å²) < 4.78 is 57.9. The van der Waals surface area contributed by atoms with Crippen LogP contribution in [0.1, 0.15) is 53.7 Å². The van der Waals surface area contributed by atoms with Crippen LogP contribution in [-0.2, 0) is 34.8 Å². The van der Waals surface area contributed by atoms with Crippen LogP contribution in [0, 0.1) is 17.6 Å². The average molecular weight is 577 g/mol. The van der Waals surface area contributed by atoms with E-state index >= 15 is 0 Å². The molecule has 1 aromatic heterocycles. The van der Waals surface area contributed by atoms with Gasteiger partial charge in [0.2, 0.25) is 15.9 Å². The Balaban J connectivity index is 1.31. The van der Waals surface area contributed by atoms with Crippen LogP contribution in [0.4, 0.5) is 14.5 Å². The molecule has 212 valence electrons.